The van der Waals surface area contributed by atoms with Crippen molar-refractivity contribution in [3.63, 3.8) is 0 Å². The van der Waals surface area contributed by atoms with Gasteiger partial charge in [-0.2, -0.15) is 0 Å². The maximum absolute atomic E-state index is 2.51. The molecule has 10 aromatic carbocycles. The smallest absolute Gasteiger partial charge is 0.0165 e. The zero-order chi connectivity index (χ0) is 42.6. The first kappa shape index (κ1) is 36.6. The van der Waals surface area contributed by atoms with E-state index in [1.54, 1.807) is 0 Å². The molecule has 0 aliphatic heterocycles. The number of benzene rings is 10. The number of fused-ring (bicyclic) bond motifs is 13. The topological polar surface area (TPSA) is 0 Å². The molecule has 0 heteroatoms. The second-order valence-corrected chi connectivity index (χ2v) is 19.9. The Hall–Kier alpha value is -7.02. The molecule has 3 aliphatic carbocycles. The van der Waals surface area contributed by atoms with E-state index in [1.807, 2.05) is 0 Å². The molecule has 3 aliphatic rings. The third-order valence-corrected chi connectivity index (χ3v) is 15.6. The summed E-state index contributed by atoms with van der Waals surface area (Å²) in [6.07, 6.45) is 0. The number of rotatable bonds is 3. The van der Waals surface area contributed by atoms with E-state index in [4.69, 9.17) is 0 Å². The standard InChI is InChI=1S/C63H48/c1-61(2)51-28-14-13-24-48(51)58-53(61)33-34-54-59(58)49-27-16-25-41(60(49)63(54,5)6)38-30-32-52-50(35-38)42-31-29-39(36-55(42)62(52,3)4)56-44-20-9-11-22-46(44)57(47-23-12-10-21-45(47)56)43-26-15-18-37-17-7-8-19-40(37)43/h7-36H,1-6H3. The summed E-state index contributed by atoms with van der Waals surface area (Å²) in [4.78, 5) is 0. The van der Waals surface area contributed by atoms with Crippen LogP contribution in [-0.4, -0.2) is 0 Å². The van der Waals surface area contributed by atoms with Crippen LogP contribution in [-0.2, 0) is 16.2 Å². The van der Waals surface area contributed by atoms with Gasteiger partial charge in [-0.3, -0.25) is 0 Å². The van der Waals surface area contributed by atoms with Gasteiger partial charge in [0, 0.05) is 16.2 Å². The summed E-state index contributed by atoms with van der Waals surface area (Å²) in [5, 5.41) is 7.69. The summed E-state index contributed by atoms with van der Waals surface area (Å²) in [7, 11) is 0. The van der Waals surface area contributed by atoms with Crippen molar-refractivity contribution < 1.29 is 0 Å². The fourth-order valence-electron chi connectivity index (χ4n) is 12.7. The average molecular weight is 805 g/mol. The molecular formula is C63H48. The molecule has 0 aromatic heterocycles. The quantitative estimate of drug-likeness (QED) is 0.156. The van der Waals surface area contributed by atoms with E-state index in [9.17, 15) is 0 Å². The zero-order valence-electron chi connectivity index (χ0n) is 36.8. The minimum Gasteiger partial charge on any atom is -0.0619 e. The first-order valence-electron chi connectivity index (χ1n) is 22.7. The minimum atomic E-state index is -0.164. The van der Waals surface area contributed by atoms with E-state index in [0.717, 1.165) is 0 Å². The van der Waals surface area contributed by atoms with Crippen molar-refractivity contribution in [3.8, 4) is 66.8 Å². The number of hydrogen-bond donors (Lipinski definition) is 0. The SMILES string of the molecule is CC1(C)c2ccc(-c3cccc4c3C(C)(C)c3ccc5c(c3-4)-c3ccccc3C5(C)C)cc2-c2ccc(-c3c4ccccc4c(-c4cccc5ccccc45)c4ccccc34)cc21. The van der Waals surface area contributed by atoms with Crippen LogP contribution in [0.25, 0.3) is 99.1 Å². The predicted molar refractivity (Wildman–Crippen MR) is 268 cm³/mol. The molecule has 0 saturated carbocycles. The summed E-state index contributed by atoms with van der Waals surface area (Å²) < 4.78 is 0. The molecule has 0 N–H and O–H groups in total. The van der Waals surface area contributed by atoms with Gasteiger partial charge in [-0.1, -0.05) is 211 Å². The van der Waals surface area contributed by atoms with Gasteiger partial charge in [-0.05, 0) is 145 Å². The molecule has 13 rings (SSSR count). The monoisotopic (exact) mass is 804 g/mol. The zero-order valence-corrected chi connectivity index (χ0v) is 36.8. The van der Waals surface area contributed by atoms with Crippen molar-refractivity contribution in [2.75, 3.05) is 0 Å². The lowest BCUT2D eigenvalue weighted by Gasteiger charge is -2.26. The Balaban J connectivity index is 0.973. The summed E-state index contributed by atoms with van der Waals surface area (Å²) in [5.41, 5.74) is 24.3. The van der Waals surface area contributed by atoms with Crippen LogP contribution in [0.1, 0.15) is 74.9 Å². The van der Waals surface area contributed by atoms with Crippen LogP contribution < -0.4 is 0 Å². The molecule has 0 amide bonds. The molecule has 0 atom stereocenters. The molecule has 0 radical (unpaired) electrons. The maximum atomic E-state index is 2.51. The molecule has 300 valence electrons. The maximum Gasteiger partial charge on any atom is 0.0165 e. The molecular weight excluding hydrogens is 757 g/mol. The highest BCUT2D eigenvalue weighted by molar-refractivity contribution is 6.23. The summed E-state index contributed by atoms with van der Waals surface area (Å²) in [5.74, 6) is 0. The van der Waals surface area contributed by atoms with Crippen molar-refractivity contribution >= 4 is 32.3 Å². The average Bonchev–Trinajstić information content (AvgIpc) is 3.80. The van der Waals surface area contributed by atoms with Crippen LogP contribution in [0.15, 0.2) is 182 Å². The predicted octanol–water partition coefficient (Wildman–Crippen LogP) is 17.1. The second kappa shape index (κ2) is 12.6. The van der Waals surface area contributed by atoms with Gasteiger partial charge in [0.25, 0.3) is 0 Å². The lowest BCUT2D eigenvalue weighted by Crippen LogP contribution is -2.17. The van der Waals surface area contributed by atoms with Crippen LogP contribution in [0.5, 0.6) is 0 Å². The Kier molecular flexibility index (Phi) is 7.29. The van der Waals surface area contributed by atoms with E-state index in [-0.39, 0.29) is 16.2 Å². The van der Waals surface area contributed by atoms with Crippen LogP contribution in [0.4, 0.5) is 0 Å². The molecule has 0 heterocycles. The Morgan fingerprint density at radius 2 is 0.746 bits per heavy atom. The summed E-state index contributed by atoms with van der Waals surface area (Å²) in [6, 6.07) is 69.3. The van der Waals surface area contributed by atoms with Gasteiger partial charge in [0.05, 0.1) is 0 Å². The van der Waals surface area contributed by atoms with E-state index in [2.05, 4.69) is 224 Å². The Morgan fingerprint density at radius 3 is 1.49 bits per heavy atom. The third-order valence-electron chi connectivity index (χ3n) is 15.6. The molecule has 0 spiro atoms. The van der Waals surface area contributed by atoms with Crippen LogP contribution in [0, 0.1) is 0 Å². The molecule has 0 fully saturated rings. The van der Waals surface area contributed by atoms with Gasteiger partial charge in [0.2, 0.25) is 0 Å². The molecule has 0 saturated heterocycles. The molecule has 0 unspecified atom stereocenters. The highest BCUT2D eigenvalue weighted by Crippen LogP contribution is 2.61. The van der Waals surface area contributed by atoms with Gasteiger partial charge in [-0.15, -0.1) is 0 Å². The van der Waals surface area contributed by atoms with Gasteiger partial charge < -0.3 is 0 Å². The second-order valence-electron chi connectivity index (χ2n) is 19.9. The summed E-state index contributed by atoms with van der Waals surface area (Å²) >= 11 is 0. The first-order chi connectivity index (χ1) is 30.5. The van der Waals surface area contributed by atoms with Crippen LogP contribution in [0.2, 0.25) is 0 Å². The van der Waals surface area contributed by atoms with Crippen molar-refractivity contribution in [2.24, 2.45) is 0 Å². The van der Waals surface area contributed by atoms with Crippen LogP contribution in [0.3, 0.4) is 0 Å². The van der Waals surface area contributed by atoms with Crippen molar-refractivity contribution in [1.29, 1.82) is 0 Å². The molecule has 63 heavy (non-hydrogen) atoms. The Labute approximate surface area is 370 Å². The highest BCUT2D eigenvalue weighted by atomic mass is 14.5. The lowest BCUT2D eigenvalue weighted by atomic mass is 9.77. The van der Waals surface area contributed by atoms with Gasteiger partial charge in [-0.25, -0.2) is 0 Å². The van der Waals surface area contributed by atoms with Gasteiger partial charge in [0.15, 0.2) is 0 Å². The molecule has 10 aromatic rings. The van der Waals surface area contributed by atoms with Gasteiger partial charge >= 0.3 is 0 Å². The van der Waals surface area contributed by atoms with Crippen molar-refractivity contribution in [2.45, 2.75) is 57.8 Å². The molecule has 0 nitrogen and oxygen atoms in total. The molecule has 0 bridgehead atoms. The number of hydrogen-bond acceptors (Lipinski definition) is 0. The van der Waals surface area contributed by atoms with E-state index in [0.29, 0.717) is 0 Å². The van der Waals surface area contributed by atoms with E-state index >= 15 is 0 Å². The van der Waals surface area contributed by atoms with E-state index < -0.39 is 0 Å². The van der Waals surface area contributed by atoms with Crippen LogP contribution >= 0.6 is 0 Å². The largest absolute Gasteiger partial charge is 0.0619 e. The van der Waals surface area contributed by atoms with Crippen molar-refractivity contribution in [3.05, 3.63) is 215 Å². The normalized spacial score (nSPS) is 15.5. The Morgan fingerprint density at radius 1 is 0.254 bits per heavy atom. The third kappa shape index (κ3) is 4.76. The van der Waals surface area contributed by atoms with Crippen molar-refractivity contribution in [1.82, 2.24) is 0 Å². The first-order valence-corrected chi connectivity index (χ1v) is 22.7. The lowest BCUT2D eigenvalue weighted by molar-refractivity contribution is 0.651. The Bertz CT molecular complexity index is 3580. The fourth-order valence-corrected chi connectivity index (χ4v) is 12.7. The highest BCUT2D eigenvalue weighted by Gasteiger charge is 2.45. The van der Waals surface area contributed by atoms with Gasteiger partial charge in [0.1, 0.15) is 0 Å². The van der Waals surface area contributed by atoms with E-state index in [1.165, 1.54) is 132 Å². The minimum absolute atomic E-state index is 0.0351. The summed E-state index contributed by atoms with van der Waals surface area (Å²) in [6.45, 7) is 14.5. The fraction of sp³-hybridized carbons (Fsp3) is 0.143.